The number of nitrogens with one attached hydrogen (secondary N) is 2. The van der Waals surface area contributed by atoms with Crippen LogP contribution in [-0.2, 0) is 11.3 Å². The summed E-state index contributed by atoms with van der Waals surface area (Å²) in [7, 11) is 3.18. The summed E-state index contributed by atoms with van der Waals surface area (Å²) >= 11 is 6.42. The van der Waals surface area contributed by atoms with Gasteiger partial charge in [0, 0.05) is 35.4 Å². The Kier molecular flexibility index (Phi) is 6.27. The van der Waals surface area contributed by atoms with Crippen LogP contribution < -0.4 is 20.3 Å². The zero-order valence-electron chi connectivity index (χ0n) is 19.7. The third-order valence-corrected chi connectivity index (χ3v) is 7.29. The number of pyridine rings is 1. The Morgan fingerprint density at radius 2 is 1.86 bits per heavy atom. The van der Waals surface area contributed by atoms with Gasteiger partial charge in [0.2, 0.25) is 5.91 Å². The van der Waals surface area contributed by atoms with E-state index in [9.17, 15) is 9.90 Å². The highest BCUT2D eigenvalue weighted by Crippen LogP contribution is 2.50. The fraction of sp³-hybridized carbons (Fsp3) is 0.308. The second-order valence-electron chi connectivity index (χ2n) is 8.87. The Bertz CT molecular complexity index is 1260. The SMILES string of the molecule is COc1ccc(C2C3C(NNC3c3cc(Cl)c(C)cc3O)C(=O)N2Cc2cccnc2)cc1OC. The van der Waals surface area contributed by atoms with Crippen molar-refractivity contribution in [3.8, 4) is 17.2 Å². The molecule has 3 N–H and O–H groups in total. The Morgan fingerprint density at radius 3 is 2.57 bits per heavy atom. The number of nitrogens with zero attached hydrogens (tertiary/aromatic N) is 2. The minimum Gasteiger partial charge on any atom is -0.508 e. The molecule has 0 spiro atoms. The summed E-state index contributed by atoms with van der Waals surface area (Å²) < 4.78 is 11.0. The first-order chi connectivity index (χ1) is 16.9. The second-order valence-corrected chi connectivity index (χ2v) is 9.28. The van der Waals surface area contributed by atoms with Crippen molar-refractivity contribution in [2.24, 2.45) is 5.92 Å². The molecule has 2 aliphatic rings. The number of methoxy groups -OCH3 is 2. The van der Waals surface area contributed by atoms with Gasteiger partial charge in [0.05, 0.1) is 26.3 Å². The number of aromatic hydroxyl groups is 1. The van der Waals surface area contributed by atoms with Gasteiger partial charge in [0.25, 0.3) is 0 Å². The largest absolute Gasteiger partial charge is 0.508 e. The molecule has 0 aliphatic carbocycles. The van der Waals surface area contributed by atoms with E-state index >= 15 is 0 Å². The first-order valence-corrected chi connectivity index (χ1v) is 11.7. The van der Waals surface area contributed by atoms with E-state index in [1.54, 1.807) is 38.7 Å². The van der Waals surface area contributed by atoms with Crippen LogP contribution >= 0.6 is 11.6 Å². The third kappa shape index (κ3) is 4.07. The number of phenols is 1. The number of ether oxygens (including phenoxy) is 2. The van der Waals surface area contributed by atoms with Crippen LogP contribution in [0.3, 0.4) is 0 Å². The average molecular weight is 495 g/mol. The summed E-state index contributed by atoms with van der Waals surface area (Å²) in [6.45, 7) is 2.24. The van der Waals surface area contributed by atoms with Crippen molar-refractivity contribution in [3.05, 3.63) is 82.1 Å². The van der Waals surface area contributed by atoms with E-state index in [0.717, 1.165) is 16.7 Å². The topological polar surface area (TPSA) is 96.0 Å². The normalized spacial score (nSPS) is 23.4. The molecular formula is C26H27ClN4O4. The number of hydrogen-bond acceptors (Lipinski definition) is 7. The van der Waals surface area contributed by atoms with Crippen LogP contribution in [0.2, 0.25) is 5.02 Å². The van der Waals surface area contributed by atoms with Crippen molar-refractivity contribution in [3.63, 3.8) is 0 Å². The fourth-order valence-electron chi connectivity index (χ4n) is 5.20. The van der Waals surface area contributed by atoms with Gasteiger partial charge in [0.1, 0.15) is 11.8 Å². The molecule has 0 radical (unpaired) electrons. The maximum Gasteiger partial charge on any atom is 0.242 e. The van der Waals surface area contributed by atoms with Crippen LogP contribution in [0, 0.1) is 12.8 Å². The molecule has 35 heavy (non-hydrogen) atoms. The summed E-state index contributed by atoms with van der Waals surface area (Å²) in [4.78, 5) is 19.8. The van der Waals surface area contributed by atoms with Crippen LogP contribution in [0.5, 0.6) is 17.2 Å². The van der Waals surface area contributed by atoms with Crippen LogP contribution in [0.1, 0.15) is 34.3 Å². The lowest BCUT2D eigenvalue weighted by Gasteiger charge is -2.32. The number of carbonyl (C=O) groups is 1. The van der Waals surface area contributed by atoms with E-state index in [4.69, 9.17) is 21.1 Å². The number of amides is 1. The molecule has 2 aromatic carbocycles. The standard InChI is InChI=1S/C26H27ClN4O4/c1-14-9-19(32)17(11-18(14)27)23-22-24(30-29-23)26(33)31(13-15-5-4-8-28-12-15)25(22)16-6-7-20(34-2)21(10-16)35-3/h4-12,22-25,29-30,32H,13H2,1-3H3. The second kappa shape index (κ2) is 9.37. The van der Waals surface area contributed by atoms with Crippen LogP contribution in [0.15, 0.2) is 54.9 Å². The Morgan fingerprint density at radius 1 is 1.09 bits per heavy atom. The predicted molar refractivity (Wildman–Crippen MR) is 131 cm³/mol. The molecule has 2 saturated heterocycles. The lowest BCUT2D eigenvalue weighted by molar-refractivity contribution is -0.131. The molecule has 0 saturated carbocycles. The van der Waals surface area contributed by atoms with Crippen molar-refractivity contribution < 1.29 is 19.4 Å². The van der Waals surface area contributed by atoms with Gasteiger partial charge in [-0.1, -0.05) is 23.7 Å². The molecule has 8 nitrogen and oxygen atoms in total. The first-order valence-electron chi connectivity index (χ1n) is 11.3. The number of hydrogen-bond donors (Lipinski definition) is 3. The molecule has 3 aromatic rings. The Labute approximate surface area is 208 Å². The lowest BCUT2D eigenvalue weighted by atomic mass is 9.82. The van der Waals surface area contributed by atoms with E-state index in [-0.39, 0.29) is 29.7 Å². The Balaban J connectivity index is 1.62. The summed E-state index contributed by atoms with van der Waals surface area (Å²) in [6.07, 6.45) is 3.48. The molecule has 2 fully saturated rings. The van der Waals surface area contributed by atoms with Crippen LogP contribution in [-0.4, -0.2) is 41.2 Å². The molecule has 1 amide bonds. The molecule has 3 heterocycles. The number of phenolic OH excluding ortho intramolecular Hbond substituents is 1. The highest BCUT2D eigenvalue weighted by Gasteiger charge is 2.56. The zero-order chi connectivity index (χ0) is 24.7. The van der Waals surface area contributed by atoms with Crippen molar-refractivity contribution in [2.75, 3.05) is 14.2 Å². The summed E-state index contributed by atoms with van der Waals surface area (Å²) in [5, 5.41) is 11.4. The minimum atomic E-state index is -0.491. The summed E-state index contributed by atoms with van der Waals surface area (Å²) in [6, 6.07) is 11.8. The zero-order valence-corrected chi connectivity index (χ0v) is 20.4. The lowest BCUT2D eigenvalue weighted by Crippen LogP contribution is -2.41. The van der Waals surface area contributed by atoms with Gasteiger partial charge < -0.3 is 19.5 Å². The molecule has 1 aromatic heterocycles. The molecule has 5 rings (SSSR count). The molecule has 4 unspecified atom stereocenters. The molecule has 0 bridgehead atoms. The number of benzene rings is 2. The van der Waals surface area contributed by atoms with Crippen molar-refractivity contribution in [1.82, 2.24) is 20.7 Å². The smallest absolute Gasteiger partial charge is 0.242 e. The van der Waals surface area contributed by atoms with E-state index in [0.29, 0.717) is 28.6 Å². The maximum absolute atomic E-state index is 13.7. The van der Waals surface area contributed by atoms with Crippen molar-refractivity contribution in [1.29, 1.82) is 0 Å². The van der Waals surface area contributed by atoms with E-state index < -0.39 is 6.04 Å². The van der Waals surface area contributed by atoms with E-state index in [1.165, 1.54) is 0 Å². The van der Waals surface area contributed by atoms with Crippen LogP contribution in [0.25, 0.3) is 0 Å². The van der Waals surface area contributed by atoms with E-state index in [2.05, 4.69) is 15.8 Å². The van der Waals surface area contributed by atoms with Crippen molar-refractivity contribution >= 4 is 17.5 Å². The van der Waals surface area contributed by atoms with Gasteiger partial charge in [-0.05, 0) is 53.9 Å². The highest BCUT2D eigenvalue weighted by molar-refractivity contribution is 6.31. The minimum absolute atomic E-state index is 0.0358. The number of carbonyl (C=O) groups excluding carboxylic acids is 1. The van der Waals surface area contributed by atoms with Gasteiger partial charge in [-0.15, -0.1) is 0 Å². The quantitative estimate of drug-likeness (QED) is 0.481. The number of aromatic nitrogens is 1. The Hall–Kier alpha value is -3.33. The third-order valence-electron chi connectivity index (χ3n) is 6.88. The van der Waals surface area contributed by atoms with E-state index in [1.807, 2.05) is 42.2 Å². The van der Waals surface area contributed by atoms with Gasteiger partial charge in [-0.3, -0.25) is 9.78 Å². The molecule has 9 heteroatoms. The van der Waals surface area contributed by atoms with Gasteiger partial charge in [-0.2, -0.15) is 0 Å². The van der Waals surface area contributed by atoms with Crippen LogP contribution in [0.4, 0.5) is 0 Å². The number of likely N-dealkylation sites (tertiary alicyclic amines) is 1. The van der Waals surface area contributed by atoms with Crippen molar-refractivity contribution in [2.45, 2.75) is 31.6 Å². The fourth-order valence-corrected chi connectivity index (χ4v) is 5.37. The summed E-state index contributed by atoms with van der Waals surface area (Å²) in [5.41, 5.74) is 9.68. The predicted octanol–water partition coefficient (Wildman–Crippen LogP) is 3.68. The number of halogens is 1. The average Bonchev–Trinajstić information content (AvgIpc) is 3.40. The number of hydrazine groups is 1. The molecular weight excluding hydrogens is 468 g/mol. The van der Waals surface area contributed by atoms with Gasteiger partial charge in [-0.25, -0.2) is 10.9 Å². The number of fused-ring (bicyclic) bond motifs is 1. The first kappa shape index (κ1) is 23.4. The maximum atomic E-state index is 13.7. The molecule has 182 valence electrons. The summed E-state index contributed by atoms with van der Waals surface area (Å²) in [5.74, 6) is 1.06. The van der Waals surface area contributed by atoms with Gasteiger partial charge >= 0.3 is 0 Å². The number of aryl methyl sites for hydroxylation is 1. The molecule has 4 atom stereocenters. The van der Waals surface area contributed by atoms with Gasteiger partial charge in [0.15, 0.2) is 11.5 Å². The monoisotopic (exact) mass is 494 g/mol. The molecule has 2 aliphatic heterocycles. The number of rotatable bonds is 6. The highest BCUT2D eigenvalue weighted by atomic mass is 35.5.